The number of alkyl halides is 1. The molecule has 0 heterocycles. The van der Waals surface area contributed by atoms with E-state index in [4.69, 9.17) is 9.47 Å². The highest BCUT2D eigenvalue weighted by atomic mass is 28.3. The van der Waals surface area contributed by atoms with Crippen molar-refractivity contribution in [1.82, 2.24) is 0 Å². The fraction of sp³-hybridized carbons (Fsp3) is 0.607. The molecule has 0 saturated heterocycles. The monoisotopic (exact) mass is 490 g/mol. The Kier molecular flexibility index (Phi) is 11.0. The molecular formula is C28H43FO4Si. The molecule has 34 heavy (non-hydrogen) atoms. The number of benzene rings is 1. The van der Waals surface area contributed by atoms with Gasteiger partial charge in [0.25, 0.3) is 0 Å². The van der Waals surface area contributed by atoms with Crippen molar-refractivity contribution < 1.29 is 23.8 Å². The predicted octanol–water partition coefficient (Wildman–Crippen LogP) is 7.75. The van der Waals surface area contributed by atoms with Gasteiger partial charge in [-0.05, 0) is 42.5 Å². The van der Waals surface area contributed by atoms with E-state index in [0.717, 1.165) is 25.7 Å². The number of hydrogen-bond donors (Lipinski definition) is 1. The number of allylic oxidation sites excluding steroid dienone is 2. The average molecular weight is 491 g/mol. The third-order valence-electron chi connectivity index (χ3n) is 6.22. The van der Waals surface area contributed by atoms with E-state index < -0.39 is 25.8 Å². The predicted molar refractivity (Wildman–Crippen MR) is 140 cm³/mol. The van der Waals surface area contributed by atoms with Crippen LogP contribution in [0.4, 0.5) is 4.39 Å². The van der Waals surface area contributed by atoms with Gasteiger partial charge in [-0.2, -0.15) is 0 Å². The van der Waals surface area contributed by atoms with Gasteiger partial charge in [0, 0.05) is 8.07 Å². The minimum absolute atomic E-state index is 0.0138. The molecule has 0 fully saturated rings. The maximum atomic E-state index is 16.0. The Hall–Kier alpha value is -1.92. The van der Waals surface area contributed by atoms with Gasteiger partial charge in [-0.15, -0.1) is 0 Å². The van der Waals surface area contributed by atoms with E-state index in [9.17, 15) is 9.90 Å². The second kappa shape index (κ2) is 13.2. The van der Waals surface area contributed by atoms with Crippen molar-refractivity contribution in [2.45, 2.75) is 89.8 Å². The Morgan fingerprint density at radius 1 is 1.15 bits per heavy atom. The summed E-state index contributed by atoms with van der Waals surface area (Å²) in [5.41, 5.74) is 0.544. The summed E-state index contributed by atoms with van der Waals surface area (Å²) >= 11 is 0. The van der Waals surface area contributed by atoms with Gasteiger partial charge < -0.3 is 14.6 Å². The second-order valence-electron chi connectivity index (χ2n) is 10.8. The van der Waals surface area contributed by atoms with Crippen LogP contribution in [0.15, 0.2) is 48.1 Å². The summed E-state index contributed by atoms with van der Waals surface area (Å²) in [6.07, 6.45) is 10.8. The van der Waals surface area contributed by atoms with Crippen LogP contribution in [0.3, 0.4) is 0 Å². The van der Waals surface area contributed by atoms with Gasteiger partial charge >= 0.3 is 5.97 Å². The normalized spacial score (nSPS) is 21.2. The molecule has 2 unspecified atom stereocenters. The van der Waals surface area contributed by atoms with Crippen molar-refractivity contribution in [3.05, 3.63) is 53.6 Å². The molecule has 0 radical (unpaired) electrons. The van der Waals surface area contributed by atoms with E-state index in [-0.39, 0.29) is 18.1 Å². The number of carboxylic acid groups (broad SMARTS) is 1. The summed E-state index contributed by atoms with van der Waals surface area (Å²) in [7, 11) is -0.948. The number of hydrogen-bond acceptors (Lipinski definition) is 3. The van der Waals surface area contributed by atoms with E-state index in [1.54, 1.807) is 24.3 Å². The Labute approximate surface area is 206 Å². The molecule has 3 atom stereocenters. The number of carboxylic acids is 1. The highest BCUT2D eigenvalue weighted by Gasteiger charge is 2.45. The van der Waals surface area contributed by atoms with E-state index in [0.29, 0.717) is 17.9 Å². The van der Waals surface area contributed by atoms with Crippen LogP contribution in [-0.4, -0.2) is 38.2 Å². The molecule has 6 heteroatoms. The fourth-order valence-corrected chi connectivity index (χ4v) is 5.63. The number of rotatable bonds is 15. The van der Waals surface area contributed by atoms with Crippen molar-refractivity contribution >= 4 is 14.0 Å². The van der Waals surface area contributed by atoms with E-state index in [1.165, 1.54) is 37.1 Å². The summed E-state index contributed by atoms with van der Waals surface area (Å²) in [5, 5.41) is 9.72. The molecule has 1 aliphatic rings. The van der Waals surface area contributed by atoms with Crippen LogP contribution in [0, 0.1) is 5.92 Å². The molecule has 1 aliphatic carbocycles. The first kappa shape index (κ1) is 28.3. The standard InChI is InChI=1S/C28H43FO4Si/c1-6-12-22(2)21-33-28(29)18-11-13-25(27(30)31)26(28)23-14-16-24(17-15-23)32-19-9-7-8-10-20-34(3,4)5/h11,13-18,22,26H,6-10,12,19-21H2,1-5H3,(H,30,31)/t22-,26?,28?/m0/s1. The first-order chi connectivity index (χ1) is 16.1. The van der Waals surface area contributed by atoms with Crippen LogP contribution in [0.1, 0.15) is 63.9 Å². The molecule has 1 N–H and O–H groups in total. The Balaban J connectivity index is 1.98. The first-order valence-corrected chi connectivity index (χ1v) is 16.4. The molecule has 0 aromatic heterocycles. The lowest BCUT2D eigenvalue weighted by atomic mass is 9.81. The van der Waals surface area contributed by atoms with Gasteiger partial charge in [-0.25, -0.2) is 9.18 Å². The maximum Gasteiger partial charge on any atom is 0.332 e. The van der Waals surface area contributed by atoms with E-state index in [2.05, 4.69) is 26.6 Å². The summed E-state index contributed by atoms with van der Waals surface area (Å²) in [6.45, 7) is 12.2. The van der Waals surface area contributed by atoms with Crippen LogP contribution in [0.25, 0.3) is 0 Å². The van der Waals surface area contributed by atoms with Gasteiger partial charge in [0.2, 0.25) is 5.85 Å². The first-order valence-electron chi connectivity index (χ1n) is 12.7. The Morgan fingerprint density at radius 3 is 2.44 bits per heavy atom. The Morgan fingerprint density at radius 2 is 1.82 bits per heavy atom. The number of ether oxygens (including phenoxy) is 2. The van der Waals surface area contributed by atoms with E-state index in [1.807, 2.05) is 6.92 Å². The van der Waals surface area contributed by atoms with Crippen molar-refractivity contribution in [3.63, 3.8) is 0 Å². The summed E-state index contributed by atoms with van der Waals surface area (Å²) in [5.74, 6) is -3.49. The number of carbonyl (C=O) groups is 1. The van der Waals surface area contributed by atoms with Gasteiger partial charge in [-0.3, -0.25) is 0 Å². The molecule has 4 nitrogen and oxygen atoms in total. The quantitative estimate of drug-likeness (QED) is 0.202. The van der Waals surface area contributed by atoms with Gasteiger partial charge in [0.15, 0.2) is 0 Å². The zero-order chi connectivity index (χ0) is 25.2. The molecule has 0 saturated carbocycles. The summed E-state index contributed by atoms with van der Waals surface area (Å²) < 4.78 is 27.6. The largest absolute Gasteiger partial charge is 0.494 e. The van der Waals surface area contributed by atoms with Gasteiger partial charge in [0.05, 0.1) is 24.7 Å². The minimum atomic E-state index is -2.21. The fourth-order valence-electron chi connectivity index (χ4n) is 4.32. The van der Waals surface area contributed by atoms with Crippen molar-refractivity contribution in [2.24, 2.45) is 5.92 Å². The number of halogens is 1. The molecular weight excluding hydrogens is 447 g/mol. The molecule has 0 aliphatic heterocycles. The van der Waals surface area contributed by atoms with Gasteiger partial charge in [-0.1, -0.05) is 89.5 Å². The topological polar surface area (TPSA) is 55.8 Å². The van der Waals surface area contributed by atoms with Gasteiger partial charge in [0.1, 0.15) is 5.75 Å². The highest BCUT2D eigenvalue weighted by Crippen LogP contribution is 2.43. The number of aliphatic carboxylic acids is 1. The van der Waals surface area contributed by atoms with Crippen LogP contribution in [0.5, 0.6) is 5.75 Å². The lowest BCUT2D eigenvalue weighted by Gasteiger charge is -2.35. The SMILES string of the molecule is CCC[C@H](C)COC1(F)C=CC=C(C(=O)O)C1c1ccc(OCCCCCC[Si](C)(C)C)cc1. The summed E-state index contributed by atoms with van der Waals surface area (Å²) in [6, 6.07) is 8.45. The molecule has 0 bridgehead atoms. The molecule has 1 aromatic rings. The third-order valence-corrected chi connectivity index (χ3v) is 8.08. The van der Waals surface area contributed by atoms with Crippen molar-refractivity contribution in [2.75, 3.05) is 13.2 Å². The molecule has 0 amide bonds. The van der Waals surface area contributed by atoms with E-state index >= 15 is 4.39 Å². The average Bonchev–Trinajstić information content (AvgIpc) is 2.77. The maximum absolute atomic E-state index is 16.0. The van der Waals surface area contributed by atoms with Crippen LogP contribution < -0.4 is 4.74 Å². The van der Waals surface area contributed by atoms with Crippen LogP contribution in [0.2, 0.25) is 25.7 Å². The van der Waals surface area contributed by atoms with Crippen LogP contribution >= 0.6 is 0 Å². The van der Waals surface area contributed by atoms with Crippen LogP contribution in [-0.2, 0) is 9.53 Å². The van der Waals surface area contributed by atoms with Crippen molar-refractivity contribution in [1.29, 1.82) is 0 Å². The zero-order valence-electron chi connectivity index (χ0n) is 21.6. The lowest BCUT2D eigenvalue weighted by Crippen LogP contribution is -2.38. The smallest absolute Gasteiger partial charge is 0.332 e. The van der Waals surface area contributed by atoms with Crippen molar-refractivity contribution in [3.8, 4) is 5.75 Å². The molecule has 2 rings (SSSR count). The third kappa shape index (κ3) is 9.03. The highest BCUT2D eigenvalue weighted by molar-refractivity contribution is 6.76. The summed E-state index contributed by atoms with van der Waals surface area (Å²) in [4.78, 5) is 11.9. The number of unbranched alkanes of at least 4 members (excludes halogenated alkanes) is 3. The zero-order valence-corrected chi connectivity index (χ0v) is 22.6. The molecule has 0 spiro atoms. The Bertz CT molecular complexity index is 828. The minimum Gasteiger partial charge on any atom is -0.494 e. The lowest BCUT2D eigenvalue weighted by molar-refractivity contribution is -0.143. The second-order valence-corrected chi connectivity index (χ2v) is 16.4. The molecule has 1 aromatic carbocycles. The molecule has 190 valence electrons.